The van der Waals surface area contributed by atoms with Crippen LogP contribution in [0.4, 0.5) is 0 Å². The van der Waals surface area contributed by atoms with E-state index in [2.05, 4.69) is 32.9 Å². The zero-order chi connectivity index (χ0) is 19.4. The highest BCUT2D eigenvalue weighted by Crippen LogP contribution is 2.49. The fraction of sp³-hybridized carbons (Fsp3) is 0.160. The third kappa shape index (κ3) is 2.40. The summed E-state index contributed by atoms with van der Waals surface area (Å²) in [4.78, 5) is 13.1. The van der Waals surface area contributed by atoms with Crippen LogP contribution in [0.25, 0.3) is 11.0 Å². The summed E-state index contributed by atoms with van der Waals surface area (Å²) in [6.45, 7) is 6.31. The molecule has 1 aliphatic rings. The Morgan fingerprint density at radius 3 is 2.29 bits per heavy atom. The average Bonchev–Trinajstić information content (AvgIpc) is 2.67. The second kappa shape index (κ2) is 6.10. The molecule has 3 heteroatoms. The van der Waals surface area contributed by atoms with Crippen LogP contribution < -0.4 is 10.4 Å². The van der Waals surface area contributed by atoms with E-state index in [4.69, 9.17) is 9.15 Å². The number of hydrogen-bond acceptors (Lipinski definition) is 3. The van der Waals surface area contributed by atoms with Gasteiger partial charge >= 0.3 is 5.63 Å². The SMILES string of the molecule is Cc1cc(C)c(C2c3ccccc3Oc3c2c(=O)oc2ccccc32)c(C)c1. The van der Waals surface area contributed by atoms with Crippen molar-refractivity contribution in [3.63, 3.8) is 0 Å². The van der Waals surface area contributed by atoms with Gasteiger partial charge in [-0.1, -0.05) is 48.0 Å². The van der Waals surface area contributed by atoms with Crippen LogP contribution in [0.15, 0.2) is 69.9 Å². The van der Waals surface area contributed by atoms with Gasteiger partial charge in [-0.05, 0) is 55.7 Å². The number of para-hydroxylation sites is 2. The van der Waals surface area contributed by atoms with E-state index in [1.807, 2.05) is 42.5 Å². The highest BCUT2D eigenvalue weighted by molar-refractivity contribution is 5.86. The molecule has 0 saturated carbocycles. The van der Waals surface area contributed by atoms with E-state index >= 15 is 0 Å². The van der Waals surface area contributed by atoms with Gasteiger partial charge in [-0.3, -0.25) is 0 Å². The fourth-order valence-electron chi connectivity index (χ4n) is 4.52. The molecule has 0 spiro atoms. The summed E-state index contributed by atoms with van der Waals surface area (Å²) in [5.74, 6) is 1.17. The number of fused-ring (bicyclic) bond motifs is 4. The van der Waals surface area contributed by atoms with Gasteiger partial charge in [-0.25, -0.2) is 4.79 Å². The zero-order valence-electron chi connectivity index (χ0n) is 16.1. The Morgan fingerprint density at radius 1 is 0.821 bits per heavy atom. The van der Waals surface area contributed by atoms with Crippen molar-refractivity contribution in [3.05, 3.63) is 104 Å². The Bertz CT molecular complexity index is 1270. The van der Waals surface area contributed by atoms with Crippen molar-refractivity contribution in [1.29, 1.82) is 0 Å². The van der Waals surface area contributed by atoms with Gasteiger partial charge < -0.3 is 9.15 Å². The lowest BCUT2D eigenvalue weighted by Crippen LogP contribution is -2.22. The summed E-state index contributed by atoms with van der Waals surface area (Å²) in [5, 5.41) is 0.819. The smallest absolute Gasteiger partial charge is 0.344 e. The summed E-state index contributed by atoms with van der Waals surface area (Å²) in [6.07, 6.45) is 0. The van der Waals surface area contributed by atoms with Gasteiger partial charge in [0.1, 0.15) is 17.1 Å². The molecule has 138 valence electrons. The molecule has 0 radical (unpaired) electrons. The molecule has 1 aromatic heterocycles. The molecular formula is C25H20O3. The molecule has 1 atom stereocenters. The molecule has 0 amide bonds. The molecule has 0 aliphatic carbocycles. The predicted octanol–water partition coefficient (Wildman–Crippen LogP) is 6.00. The van der Waals surface area contributed by atoms with Crippen molar-refractivity contribution in [2.45, 2.75) is 26.7 Å². The van der Waals surface area contributed by atoms with E-state index in [9.17, 15) is 4.79 Å². The molecule has 3 aromatic carbocycles. The van der Waals surface area contributed by atoms with Crippen LogP contribution in [0.3, 0.4) is 0 Å². The van der Waals surface area contributed by atoms with Crippen molar-refractivity contribution >= 4 is 11.0 Å². The van der Waals surface area contributed by atoms with Gasteiger partial charge in [0.2, 0.25) is 0 Å². The Balaban J connectivity index is 1.92. The minimum absolute atomic E-state index is 0.221. The zero-order valence-corrected chi connectivity index (χ0v) is 16.1. The van der Waals surface area contributed by atoms with Gasteiger partial charge in [0.25, 0.3) is 0 Å². The van der Waals surface area contributed by atoms with E-state index in [1.165, 1.54) is 5.56 Å². The van der Waals surface area contributed by atoms with Crippen LogP contribution in [0.1, 0.15) is 39.3 Å². The standard InChI is InChI=1S/C25H20O3/c1-14-12-15(2)21(16(3)13-14)22-17-8-4-6-10-19(17)27-24-18-9-5-7-11-20(18)28-25(26)23(22)24/h4-13,22H,1-3H3. The van der Waals surface area contributed by atoms with Crippen molar-refractivity contribution in [3.8, 4) is 11.5 Å². The largest absolute Gasteiger partial charge is 0.456 e. The predicted molar refractivity (Wildman–Crippen MR) is 111 cm³/mol. The Morgan fingerprint density at radius 2 is 1.50 bits per heavy atom. The van der Waals surface area contributed by atoms with Crippen LogP contribution in [0.2, 0.25) is 0 Å². The van der Waals surface area contributed by atoms with Crippen molar-refractivity contribution < 1.29 is 9.15 Å². The molecule has 4 aromatic rings. The van der Waals surface area contributed by atoms with Crippen molar-refractivity contribution in [2.75, 3.05) is 0 Å². The molecule has 28 heavy (non-hydrogen) atoms. The maximum absolute atomic E-state index is 13.1. The fourth-order valence-corrected chi connectivity index (χ4v) is 4.52. The Kier molecular flexibility index (Phi) is 3.66. The second-order valence-corrected chi connectivity index (χ2v) is 7.51. The van der Waals surface area contributed by atoms with E-state index in [1.54, 1.807) is 6.07 Å². The van der Waals surface area contributed by atoms with Crippen molar-refractivity contribution in [2.24, 2.45) is 0 Å². The molecule has 1 aliphatic heterocycles. The first-order chi connectivity index (χ1) is 13.5. The van der Waals surface area contributed by atoms with E-state index in [0.29, 0.717) is 16.9 Å². The number of ether oxygens (including phenoxy) is 1. The molecule has 0 N–H and O–H groups in total. The summed E-state index contributed by atoms with van der Waals surface area (Å²) in [7, 11) is 0. The average molecular weight is 368 g/mol. The molecule has 1 unspecified atom stereocenters. The lowest BCUT2D eigenvalue weighted by atomic mass is 9.79. The van der Waals surface area contributed by atoms with Crippen molar-refractivity contribution in [1.82, 2.24) is 0 Å². The molecule has 0 fully saturated rings. The summed E-state index contributed by atoms with van der Waals surface area (Å²) in [5.41, 5.74) is 6.46. The lowest BCUT2D eigenvalue weighted by molar-refractivity contribution is 0.439. The third-order valence-electron chi connectivity index (χ3n) is 5.56. The topological polar surface area (TPSA) is 39.4 Å². The molecule has 0 bridgehead atoms. The Hall–Kier alpha value is -3.33. The highest BCUT2D eigenvalue weighted by Gasteiger charge is 2.35. The van der Waals surface area contributed by atoms with E-state index in [0.717, 1.165) is 33.4 Å². The summed E-state index contributed by atoms with van der Waals surface area (Å²) < 4.78 is 12.0. The van der Waals surface area contributed by atoms with Crippen LogP contribution >= 0.6 is 0 Å². The molecule has 3 nitrogen and oxygen atoms in total. The molecular weight excluding hydrogens is 348 g/mol. The molecule has 0 saturated heterocycles. The quantitative estimate of drug-likeness (QED) is 0.340. The van der Waals surface area contributed by atoms with Gasteiger partial charge in [-0.2, -0.15) is 0 Å². The maximum atomic E-state index is 13.1. The van der Waals surface area contributed by atoms with E-state index in [-0.39, 0.29) is 11.5 Å². The number of aryl methyl sites for hydroxylation is 3. The number of rotatable bonds is 1. The highest BCUT2D eigenvalue weighted by atomic mass is 16.5. The third-order valence-corrected chi connectivity index (χ3v) is 5.56. The minimum Gasteiger partial charge on any atom is -0.456 e. The number of hydrogen-bond donors (Lipinski definition) is 0. The second-order valence-electron chi connectivity index (χ2n) is 7.51. The normalized spacial score (nSPS) is 15.0. The van der Waals surface area contributed by atoms with Gasteiger partial charge in [0.15, 0.2) is 0 Å². The van der Waals surface area contributed by atoms with Gasteiger partial charge in [0.05, 0.1) is 10.9 Å². The van der Waals surface area contributed by atoms with Gasteiger partial charge in [-0.15, -0.1) is 0 Å². The first-order valence-corrected chi connectivity index (χ1v) is 9.45. The number of benzene rings is 3. The minimum atomic E-state index is -0.340. The Labute approximate surface area is 163 Å². The van der Waals surface area contributed by atoms with Gasteiger partial charge in [0, 0.05) is 11.5 Å². The maximum Gasteiger partial charge on any atom is 0.344 e. The van der Waals surface area contributed by atoms with E-state index < -0.39 is 0 Å². The van der Waals surface area contributed by atoms with Crippen LogP contribution in [-0.2, 0) is 0 Å². The summed E-state index contributed by atoms with van der Waals surface area (Å²) >= 11 is 0. The van der Waals surface area contributed by atoms with Crippen LogP contribution in [-0.4, -0.2) is 0 Å². The first kappa shape index (κ1) is 16.8. The summed E-state index contributed by atoms with van der Waals surface area (Å²) in [6, 6.07) is 19.8. The molecule has 5 rings (SSSR count). The van der Waals surface area contributed by atoms with Crippen LogP contribution in [0.5, 0.6) is 11.5 Å². The lowest BCUT2D eigenvalue weighted by Gasteiger charge is -2.30. The first-order valence-electron chi connectivity index (χ1n) is 9.45. The van der Waals surface area contributed by atoms with Crippen LogP contribution in [0, 0.1) is 20.8 Å². The monoisotopic (exact) mass is 368 g/mol. The molecule has 2 heterocycles.